The SMILES string of the molecule is CCCCOC(CCCCCCCCCl)OCCCC. The Kier molecular flexibility index (Phi) is 17.4. The Balaban J connectivity index is 3.56. The molecule has 0 fully saturated rings. The number of halogens is 1. The van der Waals surface area contributed by atoms with Gasteiger partial charge in [-0.2, -0.15) is 0 Å². The van der Waals surface area contributed by atoms with Crippen molar-refractivity contribution < 1.29 is 9.47 Å². The molecule has 0 radical (unpaired) electrons. The third-order valence-electron chi connectivity index (χ3n) is 3.43. The average molecular weight is 307 g/mol. The van der Waals surface area contributed by atoms with Gasteiger partial charge in [0.1, 0.15) is 0 Å². The normalized spacial score (nSPS) is 11.4. The van der Waals surface area contributed by atoms with E-state index < -0.39 is 0 Å². The molecule has 0 aliphatic heterocycles. The minimum atomic E-state index is 0.0240. The van der Waals surface area contributed by atoms with Gasteiger partial charge in [0.25, 0.3) is 0 Å². The van der Waals surface area contributed by atoms with Gasteiger partial charge in [-0.1, -0.05) is 52.4 Å². The Labute approximate surface area is 131 Å². The van der Waals surface area contributed by atoms with Gasteiger partial charge in [-0.25, -0.2) is 0 Å². The van der Waals surface area contributed by atoms with Crippen LogP contribution in [-0.2, 0) is 9.47 Å². The van der Waals surface area contributed by atoms with Crippen molar-refractivity contribution in [2.45, 2.75) is 90.8 Å². The van der Waals surface area contributed by atoms with E-state index in [1.165, 1.54) is 44.9 Å². The van der Waals surface area contributed by atoms with E-state index in [0.29, 0.717) is 0 Å². The molecule has 2 nitrogen and oxygen atoms in total. The van der Waals surface area contributed by atoms with Gasteiger partial charge < -0.3 is 9.47 Å². The minimum absolute atomic E-state index is 0.0240. The molecule has 0 aromatic rings. The van der Waals surface area contributed by atoms with Crippen LogP contribution in [0.25, 0.3) is 0 Å². The number of rotatable bonds is 16. The predicted octanol–water partition coefficient (Wildman–Crippen LogP) is 5.92. The van der Waals surface area contributed by atoms with Crippen molar-refractivity contribution in [1.29, 1.82) is 0 Å². The monoisotopic (exact) mass is 306 g/mol. The molecule has 0 aliphatic rings. The summed E-state index contributed by atoms with van der Waals surface area (Å²) >= 11 is 5.67. The second-order valence-corrected chi connectivity index (χ2v) is 5.86. The van der Waals surface area contributed by atoms with Crippen LogP contribution in [0.2, 0.25) is 0 Å². The van der Waals surface area contributed by atoms with Crippen LogP contribution in [0, 0.1) is 0 Å². The number of alkyl halides is 1. The molecule has 0 saturated carbocycles. The van der Waals surface area contributed by atoms with Gasteiger partial charge >= 0.3 is 0 Å². The van der Waals surface area contributed by atoms with Crippen molar-refractivity contribution in [2.24, 2.45) is 0 Å². The second-order valence-electron chi connectivity index (χ2n) is 5.48. The topological polar surface area (TPSA) is 18.5 Å². The summed E-state index contributed by atoms with van der Waals surface area (Å²) in [6.45, 7) is 6.06. The van der Waals surface area contributed by atoms with Crippen LogP contribution in [-0.4, -0.2) is 25.4 Å². The Hall–Kier alpha value is 0.210. The average Bonchev–Trinajstić information content (AvgIpc) is 2.46. The highest BCUT2D eigenvalue weighted by molar-refractivity contribution is 6.17. The molecular formula is C17H35ClO2. The van der Waals surface area contributed by atoms with Crippen molar-refractivity contribution in [2.75, 3.05) is 19.1 Å². The molecular weight excluding hydrogens is 272 g/mol. The van der Waals surface area contributed by atoms with Gasteiger partial charge in [-0.05, 0) is 32.1 Å². The molecule has 20 heavy (non-hydrogen) atoms. The van der Waals surface area contributed by atoms with Crippen LogP contribution in [0.4, 0.5) is 0 Å². The predicted molar refractivity (Wildman–Crippen MR) is 88.5 cm³/mol. The summed E-state index contributed by atoms with van der Waals surface area (Å²) in [5.41, 5.74) is 0. The minimum Gasteiger partial charge on any atom is -0.353 e. The molecule has 122 valence electrons. The van der Waals surface area contributed by atoms with Crippen LogP contribution in [0.3, 0.4) is 0 Å². The Bertz CT molecular complexity index is 166. The van der Waals surface area contributed by atoms with Gasteiger partial charge in [-0.15, -0.1) is 11.6 Å². The maximum atomic E-state index is 5.83. The van der Waals surface area contributed by atoms with E-state index in [0.717, 1.165) is 44.8 Å². The quantitative estimate of drug-likeness (QED) is 0.200. The van der Waals surface area contributed by atoms with Crippen LogP contribution in [0.1, 0.15) is 84.5 Å². The summed E-state index contributed by atoms with van der Waals surface area (Å²) in [5.74, 6) is 0.804. The van der Waals surface area contributed by atoms with E-state index >= 15 is 0 Å². The molecule has 0 aromatic carbocycles. The van der Waals surface area contributed by atoms with E-state index in [2.05, 4.69) is 13.8 Å². The lowest BCUT2D eigenvalue weighted by atomic mass is 10.1. The van der Waals surface area contributed by atoms with Crippen molar-refractivity contribution in [3.8, 4) is 0 Å². The largest absolute Gasteiger partial charge is 0.353 e. The molecule has 0 saturated heterocycles. The van der Waals surface area contributed by atoms with Gasteiger partial charge in [0.05, 0.1) is 0 Å². The van der Waals surface area contributed by atoms with Gasteiger partial charge in [0.2, 0.25) is 0 Å². The van der Waals surface area contributed by atoms with Gasteiger partial charge in [-0.3, -0.25) is 0 Å². The van der Waals surface area contributed by atoms with E-state index in [9.17, 15) is 0 Å². The smallest absolute Gasteiger partial charge is 0.157 e. The zero-order valence-corrected chi connectivity index (χ0v) is 14.4. The first-order valence-electron chi connectivity index (χ1n) is 8.64. The van der Waals surface area contributed by atoms with Crippen LogP contribution in [0.5, 0.6) is 0 Å². The maximum Gasteiger partial charge on any atom is 0.157 e. The number of hydrogen-bond donors (Lipinski definition) is 0. The van der Waals surface area contributed by atoms with Crippen molar-refractivity contribution in [3.63, 3.8) is 0 Å². The Morgan fingerprint density at radius 3 is 1.70 bits per heavy atom. The first-order chi connectivity index (χ1) is 9.85. The van der Waals surface area contributed by atoms with Crippen molar-refractivity contribution in [3.05, 3.63) is 0 Å². The summed E-state index contributed by atoms with van der Waals surface area (Å²) in [5, 5.41) is 0. The molecule has 0 aliphatic carbocycles. The summed E-state index contributed by atoms with van der Waals surface area (Å²) < 4.78 is 11.7. The van der Waals surface area contributed by atoms with Crippen molar-refractivity contribution >= 4 is 11.6 Å². The third kappa shape index (κ3) is 14.6. The third-order valence-corrected chi connectivity index (χ3v) is 3.69. The molecule has 0 rings (SSSR count). The fourth-order valence-electron chi connectivity index (χ4n) is 2.05. The van der Waals surface area contributed by atoms with Crippen LogP contribution < -0.4 is 0 Å². The zero-order chi connectivity index (χ0) is 14.9. The lowest BCUT2D eigenvalue weighted by Gasteiger charge is -2.18. The first-order valence-corrected chi connectivity index (χ1v) is 9.17. The Morgan fingerprint density at radius 2 is 1.20 bits per heavy atom. The molecule has 3 heteroatoms. The van der Waals surface area contributed by atoms with Crippen molar-refractivity contribution in [1.82, 2.24) is 0 Å². The summed E-state index contributed by atoms with van der Waals surface area (Å²) in [6, 6.07) is 0. The molecule has 0 aromatic heterocycles. The highest BCUT2D eigenvalue weighted by Gasteiger charge is 2.08. The fourth-order valence-corrected chi connectivity index (χ4v) is 2.23. The summed E-state index contributed by atoms with van der Waals surface area (Å²) in [4.78, 5) is 0. The first kappa shape index (κ1) is 20.2. The molecule has 0 amide bonds. The lowest BCUT2D eigenvalue weighted by Crippen LogP contribution is -2.18. The summed E-state index contributed by atoms with van der Waals surface area (Å²) in [6.07, 6.45) is 13.2. The summed E-state index contributed by atoms with van der Waals surface area (Å²) in [7, 11) is 0. The van der Waals surface area contributed by atoms with Gasteiger partial charge in [0.15, 0.2) is 6.29 Å². The van der Waals surface area contributed by atoms with E-state index in [4.69, 9.17) is 21.1 Å². The van der Waals surface area contributed by atoms with E-state index in [1.54, 1.807) is 0 Å². The highest BCUT2D eigenvalue weighted by atomic mass is 35.5. The number of ether oxygens (including phenoxy) is 2. The molecule has 0 N–H and O–H groups in total. The second kappa shape index (κ2) is 17.3. The lowest BCUT2D eigenvalue weighted by molar-refractivity contribution is -0.147. The molecule has 0 spiro atoms. The van der Waals surface area contributed by atoms with Crippen LogP contribution in [0.15, 0.2) is 0 Å². The number of unbranched alkanes of at least 4 members (excludes halogenated alkanes) is 7. The maximum absolute atomic E-state index is 5.83. The van der Waals surface area contributed by atoms with E-state index in [-0.39, 0.29) is 6.29 Å². The van der Waals surface area contributed by atoms with Gasteiger partial charge in [0, 0.05) is 19.1 Å². The molecule has 0 bridgehead atoms. The molecule has 0 heterocycles. The number of hydrogen-bond acceptors (Lipinski definition) is 2. The molecule has 0 unspecified atom stereocenters. The zero-order valence-electron chi connectivity index (χ0n) is 13.7. The standard InChI is InChI=1S/C17H35ClO2/c1-3-5-15-19-17(20-16-6-4-2)13-11-9-7-8-10-12-14-18/h17H,3-16H2,1-2H3. The molecule has 0 atom stereocenters. The van der Waals surface area contributed by atoms with E-state index in [1.807, 2.05) is 0 Å². The highest BCUT2D eigenvalue weighted by Crippen LogP contribution is 2.12. The Morgan fingerprint density at radius 1 is 0.700 bits per heavy atom. The fraction of sp³-hybridized carbons (Fsp3) is 1.00. The van der Waals surface area contributed by atoms with Crippen LogP contribution >= 0.6 is 11.6 Å².